The lowest BCUT2D eigenvalue weighted by Gasteiger charge is -2.08. The Balaban J connectivity index is 4.04. The summed E-state index contributed by atoms with van der Waals surface area (Å²) in [5, 5.41) is 8.88. The summed E-state index contributed by atoms with van der Waals surface area (Å²) in [6, 6.07) is 0. The van der Waals surface area contributed by atoms with Crippen LogP contribution in [0.25, 0.3) is 0 Å². The number of allylic oxidation sites excluding steroid dienone is 1. The normalized spacial score (nSPS) is 13.3. The first-order valence-electron chi connectivity index (χ1n) is 3.89. The summed E-state index contributed by atoms with van der Waals surface area (Å²) in [5.74, 6) is 1.02. The van der Waals surface area contributed by atoms with Crippen LogP contribution in [0.4, 0.5) is 0 Å². The summed E-state index contributed by atoms with van der Waals surface area (Å²) in [7, 11) is 0. The summed E-state index contributed by atoms with van der Waals surface area (Å²) in [6.07, 6.45) is 2.13. The van der Waals surface area contributed by atoms with E-state index in [0.717, 1.165) is 5.57 Å². The van der Waals surface area contributed by atoms with Crippen molar-refractivity contribution in [2.75, 3.05) is 6.61 Å². The van der Waals surface area contributed by atoms with Gasteiger partial charge in [-0.15, -0.1) is 0 Å². The van der Waals surface area contributed by atoms with Crippen molar-refractivity contribution in [2.45, 2.75) is 27.7 Å². The average molecular weight is 142 g/mol. The topological polar surface area (TPSA) is 20.2 Å². The second-order valence-corrected chi connectivity index (χ2v) is 3.30. The molecule has 0 aliphatic heterocycles. The van der Waals surface area contributed by atoms with Gasteiger partial charge in [0.1, 0.15) is 0 Å². The van der Waals surface area contributed by atoms with E-state index >= 15 is 0 Å². The van der Waals surface area contributed by atoms with Gasteiger partial charge in [-0.1, -0.05) is 33.8 Å². The summed E-state index contributed by atoms with van der Waals surface area (Å²) in [6.45, 7) is 8.65. The molecule has 0 aromatic carbocycles. The Morgan fingerprint density at radius 3 is 1.90 bits per heavy atom. The molecule has 0 bridgehead atoms. The minimum Gasteiger partial charge on any atom is -0.392 e. The Kier molecular flexibility index (Phi) is 4.37. The Hall–Kier alpha value is -0.300. The Morgan fingerprint density at radius 2 is 1.80 bits per heavy atom. The van der Waals surface area contributed by atoms with Gasteiger partial charge in [0.2, 0.25) is 0 Å². The molecule has 0 amide bonds. The van der Waals surface area contributed by atoms with Crippen LogP contribution >= 0.6 is 0 Å². The maximum absolute atomic E-state index is 8.88. The number of aliphatic hydroxyl groups is 1. The molecule has 0 aromatic heterocycles. The van der Waals surface area contributed by atoms with Gasteiger partial charge in [-0.2, -0.15) is 0 Å². The van der Waals surface area contributed by atoms with E-state index in [1.54, 1.807) is 0 Å². The lowest BCUT2D eigenvalue weighted by molar-refractivity contribution is 0.317. The van der Waals surface area contributed by atoms with Crippen LogP contribution in [0.3, 0.4) is 0 Å². The van der Waals surface area contributed by atoms with Crippen LogP contribution in [0.15, 0.2) is 11.6 Å². The van der Waals surface area contributed by atoms with Gasteiger partial charge in [-0.05, 0) is 17.4 Å². The predicted octanol–water partition coefficient (Wildman–Crippen LogP) is 2.22. The van der Waals surface area contributed by atoms with Crippen LogP contribution in [0.1, 0.15) is 27.7 Å². The standard InChI is InChI=1S/C9H18O/c1-7(2)5-9(6-10)8(3)4/h5,7-8,10H,6H2,1-4H3. The van der Waals surface area contributed by atoms with Crippen LogP contribution in [0.5, 0.6) is 0 Å². The average Bonchev–Trinajstić information content (AvgIpc) is 1.81. The number of rotatable bonds is 3. The second kappa shape index (κ2) is 4.51. The first-order valence-corrected chi connectivity index (χ1v) is 3.89. The van der Waals surface area contributed by atoms with Crippen molar-refractivity contribution in [3.05, 3.63) is 11.6 Å². The highest BCUT2D eigenvalue weighted by atomic mass is 16.3. The molecule has 1 N–H and O–H groups in total. The van der Waals surface area contributed by atoms with Crippen molar-refractivity contribution in [2.24, 2.45) is 11.8 Å². The number of aliphatic hydroxyl groups excluding tert-OH is 1. The molecule has 0 atom stereocenters. The molecule has 0 radical (unpaired) electrons. The van der Waals surface area contributed by atoms with Gasteiger partial charge >= 0.3 is 0 Å². The smallest absolute Gasteiger partial charge is 0.0644 e. The molecule has 1 heteroatoms. The van der Waals surface area contributed by atoms with Crippen LogP contribution < -0.4 is 0 Å². The third kappa shape index (κ3) is 3.67. The molecule has 1 nitrogen and oxygen atoms in total. The molecule has 0 saturated heterocycles. The molecule has 0 aliphatic carbocycles. The summed E-state index contributed by atoms with van der Waals surface area (Å²) in [5.41, 5.74) is 1.15. The van der Waals surface area contributed by atoms with Gasteiger partial charge in [0.25, 0.3) is 0 Å². The van der Waals surface area contributed by atoms with E-state index in [2.05, 4.69) is 33.8 Å². The molecule has 0 rings (SSSR count). The van der Waals surface area contributed by atoms with E-state index < -0.39 is 0 Å². The van der Waals surface area contributed by atoms with E-state index in [9.17, 15) is 0 Å². The summed E-state index contributed by atoms with van der Waals surface area (Å²) < 4.78 is 0. The molecule has 0 spiro atoms. The molecular formula is C9H18O. The fraction of sp³-hybridized carbons (Fsp3) is 0.778. The van der Waals surface area contributed by atoms with Crippen molar-refractivity contribution in [1.29, 1.82) is 0 Å². The van der Waals surface area contributed by atoms with E-state index in [-0.39, 0.29) is 6.61 Å². The third-order valence-electron chi connectivity index (χ3n) is 1.47. The maximum atomic E-state index is 8.88. The highest BCUT2D eigenvalue weighted by molar-refractivity contribution is 5.05. The fourth-order valence-corrected chi connectivity index (χ4v) is 0.856. The molecule has 0 heterocycles. The van der Waals surface area contributed by atoms with Crippen molar-refractivity contribution in [3.8, 4) is 0 Å². The van der Waals surface area contributed by atoms with Gasteiger partial charge in [0, 0.05) is 0 Å². The Morgan fingerprint density at radius 1 is 1.30 bits per heavy atom. The quantitative estimate of drug-likeness (QED) is 0.599. The zero-order chi connectivity index (χ0) is 8.15. The monoisotopic (exact) mass is 142 g/mol. The van der Waals surface area contributed by atoms with Crippen molar-refractivity contribution >= 4 is 0 Å². The largest absolute Gasteiger partial charge is 0.392 e. The highest BCUT2D eigenvalue weighted by Crippen LogP contribution is 2.11. The number of hydrogen-bond acceptors (Lipinski definition) is 1. The van der Waals surface area contributed by atoms with Gasteiger partial charge < -0.3 is 5.11 Å². The third-order valence-corrected chi connectivity index (χ3v) is 1.47. The molecule has 0 aromatic rings. The van der Waals surface area contributed by atoms with Gasteiger partial charge in [-0.25, -0.2) is 0 Å². The minimum absolute atomic E-state index is 0.204. The van der Waals surface area contributed by atoms with E-state index in [0.29, 0.717) is 11.8 Å². The molecule has 0 unspecified atom stereocenters. The van der Waals surface area contributed by atoms with Gasteiger partial charge in [0.15, 0.2) is 0 Å². The fourth-order valence-electron chi connectivity index (χ4n) is 0.856. The van der Waals surface area contributed by atoms with E-state index in [4.69, 9.17) is 5.11 Å². The zero-order valence-corrected chi connectivity index (χ0v) is 7.39. The number of hydrogen-bond donors (Lipinski definition) is 1. The molecular weight excluding hydrogens is 124 g/mol. The Bertz CT molecular complexity index is 112. The lowest BCUT2D eigenvalue weighted by atomic mass is 10.0. The molecule has 0 fully saturated rings. The molecule has 0 aliphatic rings. The van der Waals surface area contributed by atoms with Crippen LogP contribution in [-0.4, -0.2) is 11.7 Å². The van der Waals surface area contributed by atoms with Crippen molar-refractivity contribution in [3.63, 3.8) is 0 Å². The maximum Gasteiger partial charge on any atom is 0.0644 e. The minimum atomic E-state index is 0.204. The zero-order valence-electron chi connectivity index (χ0n) is 7.39. The second-order valence-electron chi connectivity index (χ2n) is 3.30. The Labute approximate surface area is 63.8 Å². The molecule has 10 heavy (non-hydrogen) atoms. The van der Waals surface area contributed by atoms with Crippen molar-refractivity contribution < 1.29 is 5.11 Å². The highest BCUT2D eigenvalue weighted by Gasteiger charge is 2.01. The van der Waals surface area contributed by atoms with Crippen molar-refractivity contribution in [1.82, 2.24) is 0 Å². The van der Waals surface area contributed by atoms with E-state index in [1.807, 2.05) is 0 Å². The SMILES string of the molecule is CC(C)C=C(CO)C(C)C. The summed E-state index contributed by atoms with van der Waals surface area (Å²) in [4.78, 5) is 0. The van der Waals surface area contributed by atoms with Crippen LogP contribution in [0, 0.1) is 11.8 Å². The first-order chi connectivity index (χ1) is 4.57. The van der Waals surface area contributed by atoms with Crippen LogP contribution in [-0.2, 0) is 0 Å². The predicted molar refractivity (Wildman–Crippen MR) is 44.8 cm³/mol. The van der Waals surface area contributed by atoms with Crippen LogP contribution in [0.2, 0.25) is 0 Å². The van der Waals surface area contributed by atoms with E-state index in [1.165, 1.54) is 0 Å². The molecule has 0 saturated carbocycles. The van der Waals surface area contributed by atoms with Gasteiger partial charge in [0.05, 0.1) is 6.61 Å². The lowest BCUT2D eigenvalue weighted by Crippen LogP contribution is -2.00. The van der Waals surface area contributed by atoms with Gasteiger partial charge in [-0.3, -0.25) is 0 Å². The first kappa shape index (κ1) is 9.70. The summed E-state index contributed by atoms with van der Waals surface area (Å²) >= 11 is 0. The molecule has 60 valence electrons.